The monoisotopic (exact) mass is 182 g/mol. The van der Waals surface area contributed by atoms with Crippen LogP contribution in [0.1, 0.15) is 39.0 Å². The van der Waals surface area contributed by atoms with E-state index in [0.717, 1.165) is 24.3 Å². The van der Waals surface area contributed by atoms with Crippen LogP contribution in [0.25, 0.3) is 0 Å². The summed E-state index contributed by atoms with van der Waals surface area (Å²) in [6.45, 7) is 4.44. The Morgan fingerprint density at radius 2 is 2.15 bits per heavy atom. The minimum Gasteiger partial charge on any atom is -0.328 e. The van der Waals surface area contributed by atoms with Crippen molar-refractivity contribution in [3.63, 3.8) is 0 Å². The fraction of sp³-hybridized carbons (Fsp3) is 1.00. The van der Waals surface area contributed by atoms with Gasteiger partial charge in [-0.25, -0.2) is 0 Å². The first kappa shape index (κ1) is 9.47. The van der Waals surface area contributed by atoms with E-state index in [-0.39, 0.29) is 0 Å². The van der Waals surface area contributed by atoms with E-state index in [2.05, 4.69) is 12.2 Å². The third-order valence-electron chi connectivity index (χ3n) is 3.59. The summed E-state index contributed by atoms with van der Waals surface area (Å²) in [6.07, 6.45) is 7.05. The molecule has 0 spiro atoms. The molecule has 2 fully saturated rings. The van der Waals surface area contributed by atoms with Gasteiger partial charge in [0, 0.05) is 12.6 Å². The van der Waals surface area contributed by atoms with Crippen molar-refractivity contribution >= 4 is 0 Å². The summed E-state index contributed by atoms with van der Waals surface area (Å²) in [7, 11) is 0. The molecule has 0 heterocycles. The van der Waals surface area contributed by atoms with Crippen LogP contribution in [0, 0.1) is 11.3 Å². The molecule has 3 N–H and O–H groups in total. The quantitative estimate of drug-likeness (QED) is 0.611. The molecule has 1 unspecified atom stereocenters. The molecule has 0 bridgehead atoms. The van der Waals surface area contributed by atoms with Gasteiger partial charge in [0.05, 0.1) is 0 Å². The molecule has 0 amide bonds. The normalized spacial score (nSPS) is 27.2. The van der Waals surface area contributed by atoms with Gasteiger partial charge in [0.25, 0.3) is 0 Å². The minimum absolute atomic E-state index is 0.351. The largest absolute Gasteiger partial charge is 0.328 e. The van der Waals surface area contributed by atoms with Gasteiger partial charge in [-0.15, -0.1) is 0 Å². The van der Waals surface area contributed by atoms with Gasteiger partial charge >= 0.3 is 0 Å². The second kappa shape index (κ2) is 3.58. The molecule has 2 aliphatic rings. The van der Waals surface area contributed by atoms with Gasteiger partial charge in [0.15, 0.2) is 0 Å². The fourth-order valence-corrected chi connectivity index (χ4v) is 2.25. The number of hydrogen-bond acceptors (Lipinski definition) is 2. The fourth-order valence-electron chi connectivity index (χ4n) is 2.25. The minimum atomic E-state index is 0.351. The lowest BCUT2D eigenvalue weighted by molar-refractivity contribution is 0.399. The van der Waals surface area contributed by atoms with E-state index < -0.39 is 0 Å². The summed E-state index contributed by atoms with van der Waals surface area (Å²) in [5, 5.41) is 3.56. The third kappa shape index (κ3) is 2.44. The highest BCUT2D eigenvalue weighted by atomic mass is 14.9. The van der Waals surface area contributed by atoms with Gasteiger partial charge in [-0.2, -0.15) is 0 Å². The lowest BCUT2D eigenvalue weighted by Crippen LogP contribution is -2.29. The first-order chi connectivity index (χ1) is 6.23. The Labute approximate surface area is 81.3 Å². The van der Waals surface area contributed by atoms with Crippen molar-refractivity contribution in [1.29, 1.82) is 0 Å². The molecule has 2 rings (SSSR count). The molecule has 0 radical (unpaired) electrons. The molecule has 2 saturated carbocycles. The first-order valence-electron chi connectivity index (χ1n) is 5.69. The number of hydrogen-bond donors (Lipinski definition) is 2. The van der Waals surface area contributed by atoms with E-state index in [4.69, 9.17) is 5.73 Å². The van der Waals surface area contributed by atoms with Gasteiger partial charge in [-0.1, -0.05) is 0 Å². The second-order valence-electron chi connectivity index (χ2n) is 5.08. The summed E-state index contributed by atoms with van der Waals surface area (Å²) < 4.78 is 0. The number of nitrogens with two attached hydrogens (primary N) is 1. The summed E-state index contributed by atoms with van der Waals surface area (Å²) >= 11 is 0. The SMILES string of the molecule is CC(N)CCNCC1(C2CC2)CC1. The van der Waals surface area contributed by atoms with Crippen molar-refractivity contribution in [2.45, 2.75) is 45.1 Å². The van der Waals surface area contributed by atoms with Crippen LogP contribution in [-0.4, -0.2) is 19.1 Å². The zero-order valence-corrected chi connectivity index (χ0v) is 8.68. The average Bonchev–Trinajstić information content (AvgIpc) is 2.88. The Kier molecular flexibility index (Phi) is 2.61. The van der Waals surface area contributed by atoms with Crippen molar-refractivity contribution in [2.75, 3.05) is 13.1 Å². The maximum Gasteiger partial charge on any atom is 0.00225 e. The summed E-state index contributed by atoms with van der Waals surface area (Å²) in [5.41, 5.74) is 6.44. The summed E-state index contributed by atoms with van der Waals surface area (Å²) in [4.78, 5) is 0. The molecule has 2 nitrogen and oxygen atoms in total. The summed E-state index contributed by atoms with van der Waals surface area (Å²) in [5.74, 6) is 1.08. The van der Waals surface area contributed by atoms with Gasteiger partial charge in [-0.3, -0.25) is 0 Å². The van der Waals surface area contributed by atoms with Crippen LogP contribution in [0.5, 0.6) is 0 Å². The maximum absolute atomic E-state index is 5.69. The highest BCUT2D eigenvalue weighted by molar-refractivity contribution is 5.04. The molecule has 2 heteroatoms. The maximum atomic E-state index is 5.69. The van der Waals surface area contributed by atoms with Gasteiger partial charge in [0.2, 0.25) is 0 Å². The molecule has 2 aliphatic carbocycles. The number of rotatable bonds is 6. The third-order valence-corrected chi connectivity index (χ3v) is 3.59. The number of nitrogens with one attached hydrogen (secondary N) is 1. The molecule has 0 saturated heterocycles. The van der Waals surface area contributed by atoms with Gasteiger partial charge < -0.3 is 11.1 Å². The van der Waals surface area contributed by atoms with Gasteiger partial charge in [0.1, 0.15) is 0 Å². The Morgan fingerprint density at radius 3 is 2.62 bits per heavy atom. The smallest absolute Gasteiger partial charge is 0.00225 e. The zero-order valence-electron chi connectivity index (χ0n) is 8.68. The van der Waals surface area contributed by atoms with Crippen molar-refractivity contribution in [3.05, 3.63) is 0 Å². The zero-order chi connectivity index (χ0) is 9.31. The van der Waals surface area contributed by atoms with E-state index in [1.807, 2.05) is 0 Å². The van der Waals surface area contributed by atoms with Gasteiger partial charge in [-0.05, 0) is 56.9 Å². The van der Waals surface area contributed by atoms with Crippen molar-refractivity contribution in [2.24, 2.45) is 17.1 Å². The Hall–Kier alpha value is -0.0800. The summed E-state index contributed by atoms with van der Waals surface area (Å²) in [6, 6.07) is 0.351. The van der Waals surface area contributed by atoms with Crippen LogP contribution in [-0.2, 0) is 0 Å². The van der Waals surface area contributed by atoms with E-state index in [1.165, 1.54) is 32.2 Å². The second-order valence-corrected chi connectivity index (χ2v) is 5.08. The lowest BCUT2D eigenvalue weighted by atomic mass is 10.0. The molecular weight excluding hydrogens is 160 g/mol. The standard InChI is InChI=1S/C11H22N2/c1-9(12)4-7-13-8-11(5-6-11)10-2-3-10/h9-10,13H,2-8,12H2,1H3. The molecule has 13 heavy (non-hydrogen) atoms. The highest BCUT2D eigenvalue weighted by Crippen LogP contribution is 2.60. The molecule has 0 aliphatic heterocycles. The highest BCUT2D eigenvalue weighted by Gasteiger charge is 2.52. The lowest BCUT2D eigenvalue weighted by Gasteiger charge is -2.15. The van der Waals surface area contributed by atoms with E-state index in [0.29, 0.717) is 6.04 Å². The Balaban J connectivity index is 1.57. The van der Waals surface area contributed by atoms with Crippen molar-refractivity contribution in [1.82, 2.24) is 5.32 Å². The van der Waals surface area contributed by atoms with E-state index in [9.17, 15) is 0 Å². The molecule has 0 aromatic heterocycles. The van der Waals surface area contributed by atoms with Crippen LogP contribution in [0.2, 0.25) is 0 Å². The molecule has 0 aromatic rings. The topological polar surface area (TPSA) is 38.0 Å². The van der Waals surface area contributed by atoms with E-state index in [1.54, 1.807) is 0 Å². The van der Waals surface area contributed by atoms with Crippen LogP contribution >= 0.6 is 0 Å². The van der Waals surface area contributed by atoms with Crippen molar-refractivity contribution < 1.29 is 0 Å². The first-order valence-corrected chi connectivity index (χ1v) is 5.69. The predicted octanol–water partition coefficient (Wildman–Crippen LogP) is 1.50. The molecule has 0 aromatic carbocycles. The van der Waals surface area contributed by atoms with E-state index >= 15 is 0 Å². The molecule has 1 atom stereocenters. The van der Waals surface area contributed by atoms with Crippen LogP contribution in [0.15, 0.2) is 0 Å². The van der Waals surface area contributed by atoms with Crippen molar-refractivity contribution in [3.8, 4) is 0 Å². The Bertz CT molecular complexity index is 169. The Morgan fingerprint density at radius 1 is 1.46 bits per heavy atom. The predicted molar refractivity (Wildman–Crippen MR) is 55.5 cm³/mol. The van der Waals surface area contributed by atoms with Crippen LogP contribution in [0.4, 0.5) is 0 Å². The van der Waals surface area contributed by atoms with Crippen LogP contribution < -0.4 is 11.1 Å². The van der Waals surface area contributed by atoms with Crippen LogP contribution in [0.3, 0.4) is 0 Å². The average molecular weight is 182 g/mol. The molecule has 76 valence electrons. The molecular formula is C11H22N2.